The number of amides is 3. The molecule has 3 aromatic rings. The highest BCUT2D eigenvalue weighted by Gasteiger charge is 2.34. The molecule has 0 spiro atoms. The van der Waals surface area contributed by atoms with Crippen molar-refractivity contribution < 1.29 is 57.2 Å². The van der Waals surface area contributed by atoms with Gasteiger partial charge in [-0.3, -0.25) is 19.2 Å². The standard InChI is InChI=1S/C33H53NO4.C28H43NO4.C22H31NO4/c1-5-7-8-9-10-11-12-13-14-15-26-37-29-21-16-27(17-22-29)18-25-31(35)38-30-23-19-28(20-24-30)34-32(36)33(3,4)6-2;1-5-7-8-9-10-21-32-24-16-11-22(12-17-24)13-20-26(30)33-25-18-14-23(15-19-25)29-27(31)28(3,4)6-2;1-5-22(2,3)21(25)27-19-13-9-17(10-14-19)23-20(24)15-8-16-6-11-18(26-4)12-7-16/h16-18,21-22,25,28,30H,5-15,19-20,23-24,26H2,1-4H3,(H,34,36);11-13,16-17,20,23,25H,5-10,14-15,18-19,21H2,1-4H3,(H,29,31);6-8,11-12,15,17,19H,5,9-10,13-14H2,1-4H3,(H,23,24)/b25-18+;20-13+;15-8+. The lowest BCUT2D eigenvalue weighted by Gasteiger charge is -2.31. The van der Waals surface area contributed by atoms with Crippen molar-refractivity contribution in [1.82, 2.24) is 16.0 Å². The van der Waals surface area contributed by atoms with E-state index in [0.29, 0.717) is 0 Å². The van der Waals surface area contributed by atoms with E-state index in [1.165, 1.54) is 95.6 Å². The summed E-state index contributed by atoms with van der Waals surface area (Å²) in [6, 6.07) is 23.6. The van der Waals surface area contributed by atoms with E-state index in [9.17, 15) is 28.8 Å². The van der Waals surface area contributed by atoms with E-state index in [1.54, 1.807) is 31.4 Å². The maximum Gasteiger partial charge on any atom is 0.331 e. The number of carbonyl (C=O) groups excluding carboxylic acids is 6. The Bertz CT molecular complexity index is 2830. The second-order valence-corrected chi connectivity index (χ2v) is 29.1. The van der Waals surface area contributed by atoms with Gasteiger partial charge in [0.05, 0.1) is 25.7 Å². The molecule has 15 heteroatoms. The van der Waals surface area contributed by atoms with Crippen molar-refractivity contribution in [3.05, 3.63) is 108 Å². The van der Waals surface area contributed by atoms with Crippen molar-refractivity contribution in [2.75, 3.05) is 20.3 Å². The van der Waals surface area contributed by atoms with Crippen molar-refractivity contribution in [3.63, 3.8) is 0 Å². The SMILES string of the molecule is CCC(C)(C)C(=O)OC1CCC(NC(=O)/C=C/c2ccc(OC)cc2)CC1.CCCCCCCCCCCCOc1ccc(/C=C/C(=O)OC2CCC(NC(=O)C(C)(C)CC)CC2)cc1.CCCCCCCOc1ccc(/C=C/C(=O)OC2CCC(NC(=O)C(C)(C)CC)CC2)cc1. The Labute approximate surface area is 590 Å². The van der Waals surface area contributed by atoms with Gasteiger partial charge in [-0.1, -0.05) is 182 Å². The van der Waals surface area contributed by atoms with E-state index in [0.717, 1.165) is 156 Å². The smallest absolute Gasteiger partial charge is 0.331 e. The van der Waals surface area contributed by atoms with Crippen LogP contribution in [0.4, 0.5) is 0 Å². The first-order chi connectivity index (χ1) is 47.0. The molecule has 546 valence electrons. The predicted octanol–water partition coefficient (Wildman–Crippen LogP) is 19.0. The van der Waals surface area contributed by atoms with Gasteiger partial charge < -0.3 is 44.4 Å². The number of rotatable bonds is 38. The van der Waals surface area contributed by atoms with Crippen LogP contribution in [0.5, 0.6) is 17.2 Å². The number of benzene rings is 3. The lowest BCUT2D eigenvalue weighted by atomic mass is 9.87. The first-order valence-electron chi connectivity index (χ1n) is 37.7. The van der Waals surface area contributed by atoms with E-state index in [-0.39, 0.29) is 82.9 Å². The third kappa shape index (κ3) is 34.2. The van der Waals surface area contributed by atoms with Crippen LogP contribution >= 0.6 is 0 Å². The molecule has 15 nitrogen and oxygen atoms in total. The van der Waals surface area contributed by atoms with Crippen LogP contribution in [-0.2, 0) is 43.0 Å². The summed E-state index contributed by atoms with van der Waals surface area (Å²) < 4.78 is 33.7. The summed E-state index contributed by atoms with van der Waals surface area (Å²) in [5.74, 6) is 1.88. The van der Waals surface area contributed by atoms with Crippen LogP contribution in [0.2, 0.25) is 0 Å². The number of nitrogens with one attached hydrogen (secondary N) is 3. The van der Waals surface area contributed by atoms with Crippen LogP contribution in [0.1, 0.15) is 285 Å². The Kier molecular flexibility index (Phi) is 39.6. The summed E-state index contributed by atoms with van der Waals surface area (Å²) in [5.41, 5.74) is 1.71. The highest BCUT2D eigenvalue weighted by Crippen LogP contribution is 2.30. The summed E-state index contributed by atoms with van der Waals surface area (Å²) in [6.07, 6.45) is 41.1. The fraction of sp³-hybridized carbons (Fsp3) is 0.639. The molecule has 3 aliphatic rings. The molecule has 0 saturated heterocycles. The number of methoxy groups -OCH3 is 1. The fourth-order valence-corrected chi connectivity index (χ4v) is 11.4. The molecule has 0 aliphatic heterocycles. The first-order valence-corrected chi connectivity index (χ1v) is 37.7. The third-order valence-corrected chi connectivity index (χ3v) is 19.7. The molecule has 0 atom stereocenters. The Hall–Kier alpha value is -6.90. The lowest BCUT2D eigenvalue weighted by molar-refractivity contribution is -0.161. The maximum atomic E-state index is 12.4. The summed E-state index contributed by atoms with van der Waals surface area (Å²) in [6.45, 7) is 23.7. The predicted molar refractivity (Wildman–Crippen MR) is 398 cm³/mol. The monoisotopic (exact) mass is 1360 g/mol. The first kappa shape index (κ1) is 83.5. The molecule has 3 amide bonds. The minimum atomic E-state index is -0.433. The third-order valence-electron chi connectivity index (χ3n) is 19.7. The number of hydrogen-bond acceptors (Lipinski definition) is 12. The summed E-state index contributed by atoms with van der Waals surface area (Å²) >= 11 is 0. The number of carbonyl (C=O) groups is 6. The molecule has 0 aromatic heterocycles. The van der Waals surface area contributed by atoms with Crippen LogP contribution in [0.15, 0.2) is 91.0 Å². The van der Waals surface area contributed by atoms with Gasteiger partial charge in [-0.05, 0) is 194 Å². The molecule has 3 saturated carbocycles. The van der Waals surface area contributed by atoms with Gasteiger partial charge in [-0.2, -0.15) is 0 Å². The van der Waals surface area contributed by atoms with Crippen LogP contribution in [0.25, 0.3) is 18.2 Å². The second-order valence-electron chi connectivity index (χ2n) is 29.1. The van der Waals surface area contributed by atoms with E-state index in [2.05, 4.69) is 29.8 Å². The van der Waals surface area contributed by atoms with E-state index in [4.69, 9.17) is 28.4 Å². The average Bonchev–Trinajstić information content (AvgIpc) is 0.900. The molecular formula is C83H127N3O12. The van der Waals surface area contributed by atoms with Gasteiger partial charge in [0.2, 0.25) is 17.7 Å². The van der Waals surface area contributed by atoms with Gasteiger partial charge in [-0.25, -0.2) is 9.59 Å². The Morgan fingerprint density at radius 3 is 1.02 bits per heavy atom. The van der Waals surface area contributed by atoms with Crippen molar-refractivity contribution in [2.24, 2.45) is 16.2 Å². The van der Waals surface area contributed by atoms with Crippen molar-refractivity contribution >= 4 is 53.9 Å². The highest BCUT2D eigenvalue weighted by molar-refractivity contribution is 5.92. The Morgan fingerprint density at radius 2 is 0.684 bits per heavy atom. The van der Waals surface area contributed by atoms with Gasteiger partial charge in [-0.15, -0.1) is 0 Å². The van der Waals surface area contributed by atoms with E-state index >= 15 is 0 Å². The molecule has 3 fully saturated rings. The van der Waals surface area contributed by atoms with E-state index in [1.807, 2.05) is 135 Å². The van der Waals surface area contributed by atoms with Crippen molar-refractivity contribution in [1.29, 1.82) is 0 Å². The molecule has 0 bridgehead atoms. The number of ether oxygens (including phenoxy) is 6. The normalized spacial score (nSPS) is 18.9. The number of esters is 3. The van der Waals surface area contributed by atoms with Gasteiger partial charge >= 0.3 is 17.9 Å². The fourth-order valence-electron chi connectivity index (χ4n) is 11.4. The maximum absolute atomic E-state index is 12.4. The Balaban J connectivity index is 0.000000317. The van der Waals surface area contributed by atoms with Crippen LogP contribution in [0.3, 0.4) is 0 Å². The van der Waals surface area contributed by atoms with Gasteiger partial charge in [0.15, 0.2) is 0 Å². The molecule has 98 heavy (non-hydrogen) atoms. The zero-order chi connectivity index (χ0) is 71.6. The van der Waals surface area contributed by atoms with Crippen LogP contribution in [0, 0.1) is 16.2 Å². The molecule has 0 heterocycles. The summed E-state index contributed by atoms with van der Waals surface area (Å²) in [5, 5.41) is 9.36. The molecule has 3 aliphatic carbocycles. The Morgan fingerprint density at radius 1 is 0.378 bits per heavy atom. The van der Waals surface area contributed by atoms with Gasteiger partial charge in [0.25, 0.3) is 0 Å². The van der Waals surface area contributed by atoms with Crippen LogP contribution < -0.4 is 30.2 Å². The van der Waals surface area contributed by atoms with Crippen molar-refractivity contribution in [2.45, 2.75) is 305 Å². The molecule has 6 rings (SSSR count). The minimum absolute atomic E-state index is 0.0358. The molecule has 0 radical (unpaired) electrons. The van der Waals surface area contributed by atoms with E-state index < -0.39 is 5.41 Å². The minimum Gasteiger partial charge on any atom is -0.497 e. The molecular weight excluding hydrogens is 1230 g/mol. The quantitative estimate of drug-likeness (QED) is 0.0213. The zero-order valence-corrected chi connectivity index (χ0v) is 62.4. The van der Waals surface area contributed by atoms with Crippen molar-refractivity contribution in [3.8, 4) is 17.2 Å². The highest BCUT2D eigenvalue weighted by atomic mass is 16.6. The lowest BCUT2D eigenvalue weighted by Crippen LogP contribution is -2.45. The molecule has 0 unspecified atom stereocenters. The topological polar surface area (TPSA) is 194 Å². The largest absolute Gasteiger partial charge is 0.497 e. The molecule has 3 N–H and O–H groups in total. The number of unbranched alkanes of at least 4 members (excludes halogenated alkanes) is 13. The van der Waals surface area contributed by atoms with Gasteiger partial charge in [0, 0.05) is 47.2 Å². The molecule has 3 aromatic carbocycles. The number of hydrogen-bond donors (Lipinski definition) is 3. The zero-order valence-electron chi connectivity index (χ0n) is 62.4. The summed E-state index contributed by atoms with van der Waals surface area (Å²) in [4.78, 5) is 73.6. The van der Waals surface area contributed by atoms with Crippen LogP contribution in [-0.4, -0.2) is 92.4 Å². The summed E-state index contributed by atoms with van der Waals surface area (Å²) in [7, 11) is 1.62. The van der Waals surface area contributed by atoms with Gasteiger partial charge in [0.1, 0.15) is 35.6 Å². The average molecular weight is 1360 g/mol. The second kappa shape index (κ2) is 46.4.